The number of carbonyl (C=O) groups is 1. The molecule has 0 bridgehead atoms. The maximum Gasteiger partial charge on any atom is 0.128 e. The average molecular weight is 367 g/mol. The average Bonchev–Trinajstić information content (AvgIpc) is 2.55. The Hall–Kier alpha value is -1.43. The Bertz CT molecular complexity index is 527. The molecule has 0 saturated carbocycles. The van der Waals surface area contributed by atoms with Gasteiger partial charge in [-0.3, -0.25) is 0 Å². The SMILES string of the molecule is O=CC1C=CC=C(OC[C@H](O)COCc2ccccc2)[C@@H]1Br. The number of benzene rings is 1. The summed E-state index contributed by atoms with van der Waals surface area (Å²) in [5, 5.41) is 9.89. The smallest absolute Gasteiger partial charge is 0.128 e. The van der Waals surface area contributed by atoms with Gasteiger partial charge in [0.1, 0.15) is 24.8 Å². The normalized spacial score (nSPS) is 22.0. The van der Waals surface area contributed by atoms with Crippen LogP contribution < -0.4 is 0 Å². The number of allylic oxidation sites excluding steroid dienone is 4. The van der Waals surface area contributed by atoms with E-state index in [1.54, 1.807) is 18.2 Å². The number of aliphatic hydroxyl groups excluding tert-OH is 1. The highest BCUT2D eigenvalue weighted by molar-refractivity contribution is 9.09. The fourth-order valence-electron chi connectivity index (χ4n) is 2.03. The van der Waals surface area contributed by atoms with Crippen molar-refractivity contribution in [3.05, 3.63) is 59.9 Å². The van der Waals surface area contributed by atoms with Crippen LogP contribution in [0.1, 0.15) is 5.56 Å². The Balaban J connectivity index is 1.69. The maximum atomic E-state index is 10.9. The number of carbonyl (C=O) groups excluding carboxylic acids is 1. The Kier molecular flexibility index (Phi) is 6.83. The molecule has 1 aromatic rings. The first-order chi connectivity index (χ1) is 10.7. The van der Waals surface area contributed by atoms with E-state index in [-0.39, 0.29) is 24.0 Å². The molecule has 1 aliphatic carbocycles. The zero-order chi connectivity index (χ0) is 15.8. The van der Waals surface area contributed by atoms with Gasteiger partial charge in [-0.15, -0.1) is 0 Å². The molecule has 0 spiro atoms. The third-order valence-electron chi connectivity index (χ3n) is 3.22. The van der Waals surface area contributed by atoms with E-state index in [0.717, 1.165) is 11.8 Å². The minimum Gasteiger partial charge on any atom is -0.494 e. The zero-order valence-electron chi connectivity index (χ0n) is 12.1. The Morgan fingerprint density at radius 2 is 2.05 bits per heavy atom. The first kappa shape index (κ1) is 16.9. The molecule has 0 aliphatic heterocycles. The molecule has 3 atom stereocenters. The molecule has 22 heavy (non-hydrogen) atoms. The molecular formula is C17H19BrO4. The topological polar surface area (TPSA) is 55.8 Å². The number of hydrogen-bond acceptors (Lipinski definition) is 4. The second kappa shape index (κ2) is 8.88. The molecule has 0 saturated heterocycles. The van der Waals surface area contributed by atoms with Gasteiger partial charge in [-0.05, 0) is 11.6 Å². The predicted molar refractivity (Wildman–Crippen MR) is 87.5 cm³/mol. The number of rotatable bonds is 8. The molecule has 0 aromatic heterocycles. The summed E-state index contributed by atoms with van der Waals surface area (Å²) in [5.41, 5.74) is 1.06. The van der Waals surface area contributed by atoms with Crippen LogP contribution >= 0.6 is 15.9 Å². The van der Waals surface area contributed by atoms with Gasteiger partial charge in [-0.25, -0.2) is 0 Å². The van der Waals surface area contributed by atoms with Crippen molar-refractivity contribution in [3.8, 4) is 0 Å². The summed E-state index contributed by atoms with van der Waals surface area (Å²) < 4.78 is 11.0. The van der Waals surface area contributed by atoms with Gasteiger partial charge < -0.3 is 19.4 Å². The number of aldehydes is 1. The highest BCUT2D eigenvalue weighted by Gasteiger charge is 2.24. The second-order valence-corrected chi connectivity index (χ2v) is 6.02. The zero-order valence-corrected chi connectivity index (χ0v) is 13.7. The Labute approximate surface area is 138 Å². The molecule has 2 rings (SSSR count). The molecule has 1 unspecified atom stereocenters. The van der Waals surface area contributed by atoms with Crippen molar-refractivity contribution in [2.24, 2.45) is 5.92 Å². The van der Waals surface area contributed by atoms with E-state index in [9.17, 15) is 9.90 Å². The summed E-state index contributed by atoms with van der Waals surface area (Å²) in [6.45, 7) is 0.780. The first-order valence-electron chi connectivity index (χ1n) is 7.11. The van der Waals surface area contributed by atoms with Gasteiger partial charge in [0.25, 0.3) is 0 Å². The highest BCUT2D eigenvalue weighted by Crippen LogP contribution is 2.26. The number of alkyl halides is 1. The molecule has 0 radical (unpaired) electrons. The molecule has 0 heterocycles. The molecule has 4 nitrogen and oxygen atoms in total. The van der Waals surface area contributed by atoms with Crippen LogP contribution in [0.3, 0.4) is 0 Å². The van der Waals surface area contributed by atoms with Gasteiger partial charge in [0, 0.05) is 0 Å². The van der Waals surface area contributed by atoms with E-state index in [2.05, 4.69) is 15.9 Å². The van der Waals surface area contributed by atoms with Crippen LogP contribution in [0.2, 0.25) is 0 Å². The molecule has 1 N–H and O–H groups in total. The summed E-state index contributed by atoms with van der Waals surface area (Å²) in [4.78, 5) is 10.7. The van der Waals surface area contributed by atoms with Crippen molar-refractivity contribution in [2.75, 3.05) is 13.2 Å². The minimum atomic E-state index is -0.718. The fraction of sp³-hybridized carbons (Fsp3) is 0.353. The van der Waals surface area contributed by atoms with Gasteiger partial charge in [0.15, 0.2) is 0 Å². The van der Waals surface area contributed by atoms with Gasteiger partial charge in [0.2, 0.25) is 0 Å². The van der Waals surface area contributed by atoms with Gasteiger partial charge in [-0.2, -0.15) is 0 Å². The van der Waals surface area contributed by atoms with Gasteiger partial charge in [-0.1, -0.05) is 58.4 Å². The van der Waals surface area contributed by atoms with E-state index in [1.165, 1.54) is 0 Å². The van der Waals surface area contributed by atoms with Gasteiger partial charge >= 0.3 is 0 Å². The number of halogens is 1. The van der Waals surface area contributed by atoms with Crippen LogP contribution in [0.4, 0.5) is 0 Å². The maximum absolute atomic E-state index is 10.9. The third-order valence-corrected chi connectivity index (χ3v) is 4.29. The van der Waals surface area contributed by atoms with Gasteiger partial charge in [0.05, 0.1) is 24.0 Å². The van der Waals surface area contributed by atoms with E-state index in [0.29, 0.717) is 12.4 Å². The molecule has 5 heteroatoms. The second-order valence-electron chi connectivity index (χ2n) is 5.03. The van der Waals surface area contributed by atoms with E-state index < -0.39 is 6.10 Å². The monoisotopic (exact) mass is 366 g/mol. The predicted octanol–water partition coefficient (Wildman–Crippen LogP) is 2.61. The highest BCUT2D eigenvalue weighted by atomic mass is 79.9. The van der Waals surface area contributed by atoms with E-state index in [4.69, 9.17) is 9.47 Å². The van der Waals surface area contributed by atoms with Crippen molar-refractivity contribution in [3.63, 3.8) is 0 Å². The lowest BCUT2D eigenvalue weighted by molar-refractivity contribution is -0.110. The molecule has 0 amide bonds. The lowest BCUT2D eigenvalue weighted by atomic mass is 10.0. The first-order valence-corrected chi connectivity index (χ1v) is 8.02. The number of ether oxygens (including phenoxy) is 2. The summed E-state index contributed by atoms with van der Waals surface area (Å²) in [7, 11) is 0. The van der Waals surface area contributed by atoms with Crippen LogP contribution in [-0.4, -0.2) is 35.5 Å². The van der Waals surface area contributed by atoms with Crippen molar-refractivity contribution in [2.45, 2.75) is 17.5 Å². The molecular weight excluding hydrogens is 348 g/mol. The van der Waals surface area contributed by atoms with E-state index in [1.807, 2.05) is 30.3 Å². The van der Waals surface area contributed by atoms with Crippen LogP contribution in [-0.2, 0) is 20.9 Å². The van der Waals surface area contributed by atoms with Crippen LogP contribution in [0, 0.1) is 5.92 Å². The van der Waals surface area contributed by atoms with Crippen molar-refractivity contribution < 1.29 is 19.4 Å². The molecule has 118 valence electrons. The van der Waals surface area contributed by atoms with Crippen LogP contribution in [0.15, 0.2) is 54.3 Å². The Morgan fingerprint density at radius 3 is 2.77 bits per heavy atom. The molecule has 1 aromatic carbocycles. The standard InChI is InChI=1S/C17H19BrO4/c18-17-14(9-19)7-4-8-16(17)22-12-15(20)11-21-10-13-5-2-1-3-6-13/h1-9,14-15,17,20H,10-12H2/t14?,15-,17-/m1/s1. The van der Waals surface area contributed by atoms with Crippen LogP contribution in [0.5, 0.6) is 0 Å². The minimum absolute atomic E-state index is 0.127. The third kappa shape index (κ3) is 5.09. The number of aliphatic hydroxyl groups is 1. The summed E-state index contributed by atoms with van der Waals surface area (Å²) in [5.74, 6) is 0.396. The summed E-state index contributed by atoms with van der Waals surface area (Å²) in [6.07, 6.45) is 5.52. The molecule has 1 aliphatic rings. The quantitative estimate of drug-likeness (QED) is 0.567. The van der Waals surface area contributed by atoms with Crippen molar-refractivity contribution >= 4 is 22.2 Å². The largest absolute Gasteiger partial charge is 0.494 e. The van der Waals surface area contributed by atoms with Crippen molar-refractivity contribution in [1.29, 1.82) is 0 Å². The lowest BCUT2D eigenvalue weighted by Gasteiger charge is -2.22. The fourth-order valence-corrected chi connectivity index (χ4v) is 2.61. The lowest BCUT2D eigenvalue weighted by Crippen LogP contribution is -2.26. The summed E-state index contributed by atoms with van der Waals surface area (Å²) >= 11 is 3.43. The number of hydrogen-bond donors (Lipinski definition) is 1. The van der Waals surface area contributed by atoms with E-state index >= 15 is 0 Å². The van der Waals surface area contributed by atoms with Crippen LogP contribution in [0.25, 0.3) is 0 Å². The molecule has 0 fully saturated rings. The van der Waals surface area contributed by atoms with Crippen molar-refractivity contribution in [1.82, 2.24) is 0 Å². The Morgan fingerprint density at radius 1 is 1.27 bits per heavy atom. The summed E-state index contributed by atoms with van der Waals surface area (Å²) in [6, 6.07) is 9.78.